The molecule has 7 aromatic carbocycles. The van der Waals surface area contributed by atoms with Crippen LogP contribution in [0.15, 0.2) is 142 Å². The van der Waals surface area contributed by atoms with Crippen LogP contribution in [0.5, 0.6) is 0 Å². The lowest BCUT2D eigenvalue weighted by molar-refractivity contribution is 0.590. The lowest BCUT2D eigenvalue weighted by atomic mass is 9.42. The van der Waals surface area contributed by atoms with E-state index >= 15 is 0 Å². The Bertz CT molecular complexity index is 3090. The Hall–Kier alpha value is -6.20. The van der Waals surface area contributed by atoms with Crippen molar-refractivity contribution in [3.05, 3.63) is 150 Å². The highest BCUT2D eigenvalue weighted by Crippen LogP contribution is 2.57. The fourth-order valence-electron chi connectivity index (χ4n) is 10.0. The minimum atomic E-state index is -0.205. The average molecular weight is 697 g/mol. The van der Waals surface area contributed by atoms with E-state index < -0.39 is 0 Å². The lowest BCUT2D eigenvalue weighted by Crippen LogP contribution is -2.62. The van der Waals surface area contributed by atoms with Crippen LogP contribution < -0.4 is 20.6 Å². The van der Waals surface area contributed by atoms with Gasteiger partial charge in [0.25, 0.3) is 0 Å². The van der Waals surface area contributed by atoms with Gasteiger partial charge >= 0.3 is 6.85 Å². The maximum Gasteiger partial charge on any atom is 0.333 e. The van der Waals surface area contributed by atoms with Crippen molar-refractivity contribution in [2.24, 2.45) is 0 Å². The van der Waals surface area contributed by atoms with Crippen molar-refractivity contribution in [3.63, 3.8) is 0 Å². The molecule has 0 N–H and O–H groups in total. The molecule has 0 bridgehead atoms. The Balaban J connectivity index is 1.30. The quantitative estimate of drug-likeness (QED) is 0.160. The number of para-hydroxylation sites is 4. The molecular formula is C49H37BN2O2. The second-order valence-electron chi connectivity index (χ2n) is 16.9. The highest BCUT2D eigenvalue weighted by Gasteiger charge is 2.51. The highest BCUT2D eigenvalue weighted by atomic mass is 16.3. The molecular weight excluding hydrogens is 659 g/mol. The molecule has 54 heavy (non-hydrogen) atoms. The number of anilines is 5. The molecule has 3 aliphatic rings. The third-order valence-corrected chi connectivity index (χ3v) is 12.6. The largest absolute Gasteiger partial charge is 0.455 e. The second kappa shape index (κ2) is 10.1. The summed E-state index contributed by atoms with van der Waals surface area (Å²) >= 11 is 0. The van der Waals surface area contributed by atoms with Gasteiger partial charge in [-0.15, -0.1) is 0 Å². The summed E-state index contributed by atoms with van der Waals surface area (Å²) in [7, 11) is 0. The Labute approximate surface area is 314 Å². The minimum Gasteiger partial charge on any atom is -0.455 e. The maximum absolute atomic E-state index is 6.97. The van der Waals surface area contributed by atoms with E-state index in [1.807, 2.05) is 0 Å². The van der Waals surface area contributed by atoms with Crippen LogP contribution in [0.4, 0.5) is 28.4 Å². The number of hydrogen-bond donors (Lipinski definition) is 0. The minimum absolute atomic E-state index is 0.0276. The molecule has 2 aromatic heterocycles. The number of furan rings is 2. The number of hydrogen-bond acceptors (Lipinski definition) is 4. The maximum atomic E-state index is 6.97. The molecule has 258 valence electrons. The first kappa shape index (κ1) is 30.3. The van der Waals surface area contributed by atoms with Gasteiger partial charge < -0.3 is 18.5 Å². The highest BCUT2D eigenvalue weighted by molar-refractivity contribution is 6.94. The van der Waals surface area contributed by atoms with Crippen molar-refractivity contribution in [2.45, 2.75) is 45.4 Å². The van der Waals surface area contributed by atoms with Gasteiger partial charge in [-0.3, -0.25) is 0 Å². The van der Waals surface area contributed by atoms with Crippen molar-refractivity contribution < 1.29 is 8.83 Å². The molecule has 0 aliphatic carbocycles. The van der Waals surface area contributed by atoms with Gasteiger partial charge in [-0.1, -0.05) is 126 Å². The fourth-order valence-corrected chi connectivity index (χ4v) is 10.0. The summed E-state index contributed by atoms with van der Waals surface area (Å²) in [6.07, 6.45) is 0. The predicted octanol–water partition coefficient (Wildman–Crippen LogP) is 12.1. The van der Waals surface area contributed by atoms with Gasteiger partial charge in [0.15, 0.2) is 5.58 Å². The predicted molar refractivity (Wildman–Crippen MR) is 226 cm³/mol. The number of rotatable bonds is 1. The van der Waals surface area contributed by atoms with Gasteiger partial charge in [-0.05, 0) is 75.5 Å². The van der Waals surface area contributed by atoms with E-state index in [4.69, 9.17) is 8.83 Å². The third kappa shape index (κ3) is 3.69. The summed E-state index contributed by atoms with van der Waals surface area (Å²) in [6.45, 7) is 11.4. The van der Waals surface area contributed by atoms with Gasteiger partial charge in [0, 0.05) is 55.1 Å². The first-order chi connectivity index (χ1) is 26.2. The molecule has 5 heterocycles. The zero-order valence-corrected chi connectivity index (χ0v) is 31.0. The van der Waals surface area contributed by atoms with Crippen LogP contribution in [0.25, 0.3) is 55.0 Å². The smallest absolute Gasteiger partial charge is 0.333 e. The van der Waals surface area contributed by atoms with Crippen LogP contribution in [-0.2, 0) is 10.8 Å². The third-order valence-electron chi connectivity index (χ3n) is 12.6. The van der Waals surface area contributed by atoms with Gasteiger partial charge in [-0.2, -0.15) is 0 Å². The van der Waals surface area contributed by atoms with Gasteiger partial charge in [0.1, 0.15) is 16.7 Å². The topological polar surface area (TPSA) is 32.8 Å². The molecule has 0 unspecified atom stereocenters. The molecule has 0 radical (unpaired) electrons. The Morgan fingerprint density at radius 1 is 0.574 bits per heavy atom. The summed E-state index contributed by atoms with van der Waals surface area (Å²) in [5.41, 5.74) is 18.1. The van der Waals surface area contributed by atoms with E-state index in [9.17, 15) is 0 Å². The molecule has 12 rings (SSSR count). The van der Waals surface area contributed by atoms with Crippen LogP contribution in [-0.4, -0.2) is 6.85 Å². The normalized spacial score (nSPS) is 15.2. The SMILES string of the molecule is CC(C)(C)c1ccc(N2B3c4cccc5c4N(c4ccccc4C5(C)C)c4cc5c(oc6ccccc65)c(c43)-c3ccc4c(oc5ccccc54)c32)cc1. The standard InChI is InChI=1S/C49H37BN2O2/c1-48(2,3)28-21-23-29(24-22-28)52-44-33(26-25-32-30-13-6-10-19-40(30)54-47(32)44)42-43-39(27-34-31-14-7-11-20-41(31)53-46(34)42)51-38-18-9-8-15-35(38)49(4,5)36-16-12-17-37(45(36)51)50(43)52/h6-27H,1-5H3. The molecule has 0 spiro atoms. The molecule has 0 saturated carbocycles. The second-order valence-corrected chi connectivity index (χ2v) is 16.9. The summed E-state index contributed by atoms with van der Waals surface area (Å²) in [5.74, 6) is 0. The van der Waals surface area contributed by atoms with E-state index in [-0.39, 0.29) is 17.7 Å². The van der Waals surface area contributed by atoms with Crippen LogP contribution in [0.3, 0.4) is 0 Å². The Kier molecular flexibility index (Phi) is 5.64. The first-order valence-corrected chi connectivity index (χ1v) is 19.1. The molecule has 0 atom stereocenters. The molecule has 9 aromatic rings. The lowest BCUT2D eigenvalue weighted by Gasteiger charge is -2.50. The first-order valence-electron chi connectivity index (χ1n) is 19.1. The number of benzene rings is 7. The van der Waals surface area contributed by atoms with Gasteiger partial charge in [0.05, 0.1) is 11.4 Å². The van der Waals surface area contributed by atoms with Crippen LogP contribution in [0.1, 0.15) is 51.3 Å². The summed E-state index contributed by atoms with van der Waals surface area (Å²) in [6, 6.07) is 49.1. The van der Waals surface area contributed by atoms with E-state index in [2.05, 4.69) is 178 Å². The van der Waals surface area contributed by atoms with E-state index in [1.165, 1.54) is 44.7 Å². The van der Waals surface area contributed by atoms with E-state index in [1.54, 1.807) is 0 Å². The summed E-state index contributed by atoms with van der Waals surface area (Å²) in [5, 5.41) is 4.49. The summed E-state index contributed by atoms with van der Waals surface area (Å²) in [4.78, 5) is 5.14. The van der Waals surface area contributed by atoms with Crippen molar-refractivity contribution in [3.8, 4) is 11.1 Å². The molecule has 5 heteroatoms. The molecule has 0 amide bonds. The van der Waals surface area contributed by atoms with Crippen LogP contribution in [0, 0.1) is 0 Å². The van der Waals surface area contributed by atoms with Gasteiger partial charge in [-0.25, -0.2) is 0 Å². The zero-order chi connectivity index (χ0) is 36.2. The molecule has 0 saturated heterocycles. The van der Waals surface area contributed by atoms with Crippen molar-refractivity contribution in [1.82, 2.24) is 0 Å². The Morgan fingerprint density at radius 3 is 2.00 bits per heavy atom. The van der Waals surface area contributed by atoms with Crippen molar-refractivity contribution >= 4 is 90.1 Å². The zero-order valence-electron chi connectivity index (χ0n) is 31.0. The molecule has 4 nitrogen and oxygen atoms in total. The molecule has 0 fully saturated rings. The molecule has 3 aliphatic heterocycles. The van der Waals surface area contributed by atoms with E-state index in [0.717, 1.165) is 66.4 Å². The van der Waals surface area contributed by atoms with Crippen LogP contribution in [0.2, 0.25) is 0 Å². The average Bonchev–Trinajstić information content (AvgIpc) is 3.75. The number of nitrogens with zero attached hydrogens (tertiary/aromatic N) is 2. The van der Waals surface area contributed by atoms with Crippen molar-refractivity contribution in [1.29, 1.82) is 0 Å². The number of fused-ring (bicyclic) bond motifs is 14. The van der Waals surface area contributed by atoms with Crippen molar-refractivity contribution in [2.75, 3.05) is 9.71 Å². The Morgan fingerprint density at radius 2 is 1.24 bits per heavy atom. The van der Waals surface area contributed by atoms with Gasteiger partial charge in [0.2, 0.25) is 0 Å². The monoisotopic (exact) mass is 696 g/mol. The summed E-state index contributed by atoms with van der Waals surface area (Å²) < 4.78 is 13.9. The van der Waals surface area contributed by atoms with Crippen LogP contribution >= 0.6 is 0 Å². The fraction of sp³-hybridized carbons (Fsp3) is 0.143. The van der Waals surface area contributed by atoms with E-state index in [0.29, 0.717) is 0 Å².